The largest absolute Gasteiger partial charge is 0.481 e. The van der Waals surface area contributed by atoms with Gasteiger partial charge in [0.2, 0.25) is 0 Å². The van der Waals surface area contributed by atoms with Crippen molar-refractivity contribution in [2.24, 2.45) is 5.92 Å². The van der Waals surface area contributed by atoms with E-state index in [4.69, 9.17) is 5.11 Å². The highest BCUT2D eigenvalue weighted by atomic mass is 32.1. The van der Waals surface area contributed by atoms with Gasteiger partial charge < -0.3 is 5.11 Å². The van der Waals surface area contributed by atoms with Gasteiger partial charge in [0, 0.05) is 12.2 Å². The van der Waals surface area contributed by atoms with Crippen LogP contribution in [0.1, 0.15) is 20.3 Å². The molecule has 0 unspecified atom stereocenters. The molecule has 0 saturated heterocycles. The first kappa shape index (κ1) is 12.8. The average Bonchev–Trinajstić information content (AvgIpc) is 1.96. The molecule has 0 amide bonds. The molecule has 0 aromatic heterocycles. The van der Waals surface area contributed by atoms with Gasteiger partial charge in [0.15, 0.2) is 0 Å². The van der Waals surface area contributed by atoms with Crippen LogP contribution in [0, 0.1) is 5.92 Å². The minimum atomic E-state index is -0.985. The zero-order chi connectivity index (χ0) is 10.6. The van der Waals surface area contributed by atoms with Gasteiger partial charge in [0.05, 0.1) is 10.7 Å². The Morgan fingerprint density at radius 3 is 2.15 bits per heavy atom. The summed E-state index contributed by atoms with van der Waals surface area (Å²) in [5.41, 5.74) is 0. The molecular formula is C8H14O3S2. The van der Waals surface area contributed by atoms with Crippen molar-refractivity contribution in [1.82, 2.24) is 0 Å². The van der Waals surface area contributed by atoms with Crippen molar-refractivity contribution in [3.8, 4) is 0 Å². The Labute approximate surface area is 88.7 Å². The molecule has 0 aromatic carbocycles. The van der Waals surface area contributed by atoms with E-state index in [1.54, 1.807) is 13.8 Å². The van der Waals surface area contributed by atoms with Gasteiger partial charge in [0.25, 0.3) is 0 Å². The Hall–Kier alpha value is -0.160. The molecular weight excluding hydrogens is 208 g/mol. The number of hydrogen-bond acceptors (Lipinski definition) is 4. The first-order chi connectivity index (χ1) is 5.79. The summed E-state index contributed by atoms with van der Waals surface area (Å²) in [4.78, 5) is 21.9. The van der Waals surface area contributed by atoms with Crippen LogP contribution in [0.3, 0.4) is 0 Å². The number of carbonyl (C=O) groups is 2. The fraction of sp³-hybridized carbons (Fsp3) is 0.750. The van der Waals surface area contributed by atoms with Crippen LogP contribution < -0.4 is 0 Å². The van der Waals surface area contributed by atoms with E-state index in [9.17, 15) is 9.59 Å². The van der Waals surface area contributed by atoms with Gasteiger partial charge >= 0.3 is 5.97 Å². The van der Waals surface area contributed by atoms with Crippen LogP contribution in [0.4, 0.5) is 0 Å². The van der Waals surface area contributed by atoms with Crippen molar-refractivity contribution in [2.75, 3.05) is 5.75 Å². The first-order valence-corrected chi connectivity index (χ1v) is 4.96. The summed E-state index contributed by atoms with van der Waals surface area (Å²) in [7, 11) is 0. The predicted octanol–water partition coefficient (Wildman–Crippen LogP) is 1.28. The molecule has 13 heavy (non-hydrogen) atoms. The molecule has 1 N–H and O–H groups in total. The van der Waals surface area contributed by atoms with Gasteiger partial charge in [-0.25, -0.2) is 0 Å². The normalized spacial score (nSPS) is 13.8. The molecule has 0 radical (unpaired) electrons. The van der Waals surface area contributed by atoms with E-state index in [0.29, 0.717) is 0 Å². The van der Waals surface area contributed by atoms with Gasteiger partial charge in [-0.2, -0.15) is 25.3 Å². The third kappa shape index (κ3) is 4.57. The molecule has 0 aromatic rings. The van der Waals surface area contributed by atoms with Gasteiger partial charge in [-0.15, -0.1) is 0 Å². The van der Waals surface area contributed by atoms with E-state index >= 15 is 0 Å². The summed E-state index contributed by atoms with van der Waals surface area (Å²) >= 11 is 7.93. The van der Waals surface area contributed by atoms with E-state index in [0.717, 1.165) is 0 Å². The van der Waals surface area contributed by atoms with Crippen molar-refractivity contribution < 1.29 is 14.7 Å². The Morgan fingerprint density at radius 1 is 1.46 bits per heavy atom. The second kappa shape index (κ2) is 4.91. The Balaban J connectivity index is 4.26. The standard InChI is InChI=1S/C8H14O3S2/c1-8(2,13)6(9)3-5(4-12)7(10)11/h5,12-13H,3-4H2,1-2H3,(H,10,11)/t5-/m0/s1. The summed E-state index contributed by atoms with van der Waals surface area (Å²) in [6.45, 7) is 3.30. The molecule has 0 rings (SSSR count). The lowest BCUT2D eigenvalue weighted by Gasteiger charge is -2.17. The van der Waals surface area contributed by atoms with Crippen molar-refractivity contribution in [3.05, 3.63) is 0 Å². The van der Waals surface area contributed by atoms with Crippen molar-refractivity contribution in [1.29, 1.82) is 0 Å². The molecule has 76 valence electrons. The molecule has 0 aliphatic heterocycles. The third-order valence-electron chi connectivity index (χ3n) is 1.68. The Bertz CT molecular complexity index is 208. The SMILES string of the molecule is CC(C)(S)C(=O)C[C@@H](CS)C(=O)O. The quantitative estimate of drug-likeness (QED) is 0.614. The lowest BCUT2D eigenvalue weighted by molar-refractivity contribution is -0.143. The summed E-state index contributed by atoms with van der Waals surface area (Å²) in [5, 5.41) is 8.66. The Morgan fingerprint density at radius 2 is 1.92 bits per heavy atom. The Kier molecular flexibility index (Phi) is 4.85. The second-order valence-corrected chi connectivity index (χ2v) is 4.89. The molecule has 1 atom stereocenters. The smallest absolute Gasteiger partial charge is 0.307 e. The highest BCUT2D eigenvalue weighted by Crippen LogP contribution is 2.19. The van der Waals surface area contributed by atoms with Crippen LogP contribution in [0.2, 0.25) is 0 Å². The predicted molar refractivity (Wildman–Crippen MR) is 57.7 cm³/mol. The van der Waals surface area contributed by atoms with Crippen LogP contribution in [-0.2, 0) is 9.59 Å². The zero-order valence-electron chi connectivity index (χ0n) is 7.65. The van der Waals surface area contributed by atoms with Crippen LogP contribution in [-0.4, -0.2) is 27.4 Å². The number of Topliss-reactive ketones (excluding diaryl/α,β-unsaturated/α-hetero) is 1. The number of rotatable bonds is 5. The third-order valence-corrected chi connectivity index (χ3v) is 2.37. The number of thiol groups is 2. The summed E-state index contributed by atoms with van der Waals surface area (Å²) < 4.78 is -0.767. The van der Waals surface area contributed by atoms with Gasteiger partial charge in [-0.3, -0.25) is 9.59 Å². The summed E-state index contributed by atoms with van der Waals surface area (Å²) in [6.07, 6.45) is -0.00463. The van der Waals surface area contributed by atoms with E-state index in [1.165, 1.54) is 0 Å². The van der Waals surface area contributed by atoms with E-state index in [2.05, 4.69) is 25.3 Å². The maximum absolute atomic E-state index is 11.4. The molecule has 0 saturated carbocycles. The van der Waals surface area contributed by atoms with Crippen molar-refractivity contribution in [2.45, 2.75) is 25.0 Å². The van der Waals surface area contributed by atoms with Crippen LogP contribution in [0.5, 0.6) is 0 Å². The minimum absolute atomic E-state index is 0.00463. The van der Waals surface area contributed by atoms with Crippen LogP contribution in [0.25, 0.3) is 0 Å². The number of hydrogen-bond donors (Lipinski definition) is 3. The molecule has 0 spiro atoms. The fourth-order valence-electron chi connectivity index (χ4n) is 0.704. The molecule has 0 bridgehead atoms. The maximum Gasteiger partial charge on any atom is 0.307 e. The number of carboxylic acids is 1. The molecule has 0 aliphatic rings. The lowest BCUT2D eigenvalue weighted by Crippen LogP contribution is -2.30. The van der Waals surface area contributed by atoms with Crippen molar-refractivity contribution >= 4 is 37.0 Å². The van der Waals surface area contributed by atoms with Crippen LogP contribution >= 0.6 is 25.3 Å². The monoisotopic (exact) mass is 222 g/mol. The zero-order valence-corrected chi connectivity index (χ0v) is 9.44. The van der Waals surface area contributed by atoms with E-state index in [-0.39, 0.29) is 18.0 Å². The van der Waals surface area contributed by atoms with Crippen LogP contribution in [0.15, 0.2) is 0 Å². The summed E-state index contributed by atoms with van der Waals surface area (Å²) in [6, 6.07) is 0. The average molecular weight is 222 g/mol. The highest BCUT2D eigenvalue weighted by molar-refractivity contribution is 7.82. The van der Waals surface area contributed by atoms with Gasteiger partial charge in [-0.05, 0) is 13.8 Å². The summed E-state index contributed by atoms with van der Waals surface area (Å²) in [5.74, 6) is -1.69. The van der Waals surface area contributed by atoms with E-state index < -0.39 is 16.6 Å². The van der Waals surface area contributed by atoms with Gasteiger partial charge in [0.1, 0.15) is 5.78 Å². The molecule has 0 heterocycles. The number of ketones is 1. The number of aliphatic carboxylic acids is 1. The lowest BCUT2D eigenvalue weighted by atomic mass is 9.97. The molecule has 3 nitrogen and oxygen atoms in total. The van der Waals surface area contributed by atoms with E-state index in [1.807, 2.05) is 0 Å². The first-order valence-electron chi connectivity index (χ1n) is 3.88. The molecule has 5 heteroatoms. The number of carboxylic acid groups (broad SMARTS) is 1. The molecule has 0 fully saturated rings. The van der Waals surface area contributed by atoms with Crippen molar-refractivity contribution in [3.63, 3.8) is 0 Å². The highest BCUT2D eigenvalue weighted by Gasteiger charge is 2.27. The maximum atomic E-state index is 11.4. The topological polar surface area (TPSA) is 54.4 Å². The second-order valence-electron chi connectivity index (χ2n) is 3.40. The minimum Gasteiger partial charge on any atom is -0.481 e. The number of carbonyl (C=O) groups excluding carboxylic acids is 1. The van der Waals surface area contributed by atoms with Gasteiger partial charge in [-0.1, -0.05) is 0 Å². The fourth-order valence-corrected chi connectivity index (χ4v) is 1.08. The molecule has 0 aliphatic carbocycles.